The van der Waals surface area contributed by atoms with Crippen molar-refractivity contribution in [2.45, 2.75) is 25.3 Å². The third kappa shape index (κ3) is 2.53. The van der Waals surface area contributed by atoms with Crippen molar-refractivity contribution in [1.82, 2.24) is 9.88 Å². The second-order valence-corrected chi connectivity index (χ2v) is 6.62. The zero-order valence-electron chi connectivity index (χ0n) is 13.1. The maximum Gasteiger partial charge on any atom is 0.182 e. The summed E-state index contributed by atoms with van der Waals surface area (Å²) in [6.07, 6.45) is 6.67. The number of carbonyl (C=O) groups is 1. The van der Waals surface area contributed by atoms with E-state index in [1.807, 2.05) is 30.3 Å². The Labute approximate surface area is 136 Å². The number of nitrogens with two attached hydrogens (primary N) is 1. The Morgan fingerprint density at radius 1 is 1.13 bits per heavy atom. The number of rotatable bonds is 3. The summed E-state index contributed by atoms with van der Waals surface area (Å²) >= 11 is 0. The van der Waals surface area contributed by atoms with E-state index in [4.69, 9.17) is 5.73 Å². The van der Waals surface area contributed by atoms with Gasteiger partial charge in [0.05, 0.1) is 23.5 Å². The van der Waals surface area contributed by atoms with E-state index < -0.39 is 0 Å². The molecule has 2 N–H and O–H groups in total. The summed E-state index contributed by atoms with van der Waals surface area (Å²) in [6.45, 7) is 2.09. The van der Waals surface area contributed by atoms with Gasteiger partial charge in [0, 0.05) is 18.3 Å². The molecule has 2 aromatic rings. The first-order chi connectivity index (χ1) is 11.2. The first-order valence-electron chi connectivity index (χ1n) is 8.31. The van der Waals surface area contributed by atoms with Gasteiger partial charge in [-0.15, -0.1) is 0 Å². The minimum absolute atomic E-state index is 0.0269. The smallest absolute Gasteiger partial charge is 0.182 e. The van der Waals surface area contributed by atoms with Crippen LogP contribution < -0.4 is 5.73 Å². The number of hydrogen-bond donors (Lipinski definition) is 1. The Kier molecular flexibility index (Phi) is 3.62. The minimum Gasteiger partial charge on any atom is -0.397 e. The summed E-state index contributed by atoms with van der Waals surface area (Å²) in [7, 11) is 0. The van der Waals surface area contributed by atoms with E-state index in [9.17, 15) is 4.79 Å². The number of aromatic nitrogens is 1. The Morgan fingerprint density at radius 3 is 2.78 bits per heavy atom. The van der Waals surface area contributed by atoms with E-state index in [2.05, 4.69) is 9.88 Å². The lowest BCUT2D eigenvalue weighted by atomic mass is 9.88. The molecule has 1 aromatic carbocycles. The zero-order valence-corrected chi connectivity index (χ0v) is 13.1. The monoisotopic (exact) mass is 307 g/mol. The molecule has 2 aliphatic heterocycles. The van der Waals surface area contributed by atoms with Gasteiger partial charge in [-0.1, -0.05) is 30.3 Å². The highest BCUT2D eigenvalue weighted by atomic mass is 16.1. The Hall–Kier alpha value is -2.20. The van der Waals surface area contributed by atoms with Crippen LogP contribution in [-0.2, 0) is 0 Å². The minimum atomic E-state index is -0.0269. The summed E-state index contributed by atoms with van der Waals surface area (Å²) < 4.78 is 0. The average molecular weight is 307 g/mol. The van der Waals surface area contributed by atoms with E-state index in [1.165, 1.54) is 6.42 Å². The number of piperidine rings is 1. The molecule has 0 amide bonds. The molecule has 4 heteroatoms. The fourth-order valence-electron chi connectivity index (χ4n) is 4.01. The van der Waals surface area contributed by atoms with Crippen molar-refractivity contribution in [3.8, 4) is 11.1 Å². The maximum absolute atomic E-state index is 13.3. The fourth-order valence-corrected chi connectivity index (χ4v) is 4.01. The first-order valence-corrected chi connectivity index (χ1v) is 8.31. The molecular formula is C19H21N3O. The van der Waals surface area contributed by atoms with Crippen molar-refractivity contribution < 1.29 is 4.79 Å². The number of carbonyl (C=O) groups excluding carboxylic acids is 1. The number of Topliss-reactive ketones (excluding diaryl/α,β-unsaturated/α-hetero) is 1. The van der Waals surface area contributed by atoms with Crippen LogP contribution in [0.1, 0.15) is 29.6 Å². The van der Waals surface area contributed by atoms with Gasteiger partial charge in [0.25, 0.3) is 0 Å². The molecule has 3 atom stereocenters. The van der Waals surface area contributed by atoms with Crippen LogP contribution in [0.15, 0.2) is 42.7 Å². The van der Waals surface area contributed by atoms with Crippen molar-refractivity contribution in [3.05, 3.63) is 48.3 Å². The summed E-state index contributed by atoms with van der Waals surface area (Å²) in [5.41, 5.74) is 9.12. The molecule has 118 valence electrons. The molecule has 0 radical (unpaired) electrons. The highest BCUT2D eigenvalue weighted by Crippen LogP contribution is 2.35. The second-order valence-electron chi connectivity index (χ2n) is 6.62. The Morgan fingerprint density at radius 2 is 1.96 bits per heavy atom. The number of nitrogens with zero attached hydrogens (tertiary/aromatic N) is 2. The largest absolute Gasteiger partial charge is 0.397 e. The predicted molar refractivity (Wildman–Crippen MR) is 91.1 cm³/mol. The number of nitrogen functional groups attached to an aromatic ring is 1. The van der Waals surface area contributed by atoms with Gasteiger partial charge in [-0.3, -0.25) is 14.7 Å². The van der Waals surface area contributed by atoms with Crippen LogP contribution in [0.5, 0.6) is 0 Å². The van der Waals surface area contributed by atoms with Gasteiger partial charge in [0.1, 0.15) is 0 Å². The molecule has 2 saturated heterocycles. The molecule has 23 heavy (non-hydrogen) atoms. The highest BCUT2D eigenvalue weighted by Gasteiger charge is 2.38. The van der Waals surface area contributed by atoms with Gasteiger partial charge in [-0.05, 0) is 37.3 Å². The molecule has 2 bridgehead atoms. The van der Waals surface area contributed by atoms with Crippen molar-refractivity contribution in [1.29, 1.82) is 0 Å². The molecule has 3 unspecified atom stereocenters. The molecule has 4 rings (SSSR count). The van der Waals surface area contributed by atoms with E-state index in [1.54, 1.807) is 12.4 Å². The number of benzene rings is 1. The van der Waals surface area contributed by atoms with Gasteiger partial charge < -0.3 is 5.73 Å². The van der Waals surface area contributed by atoms with Gasteiger partial charge in [0.2, 0.25) is 0 Å². The topological polar surface area (TPSA) is 59.2 Å². The van der Waals surface area contributed by atoms with Crippen molar-refractivity contribution >= 4 is 11.5 Å². The summed E-state index contributed by atoms with van der Waals surface area (Å²) in [5.74, 6) is 0.937. The molecule has 2 aliphatic rings. The molecule has 4 nitrogen and oxygen atoms in total. The normalized spacial score (nSPS) is 26.2. The molecule has 0 saturated carbocycles. The van der Waals surface area contributed by atoms with E-state index in [0.29, 0.717) is 11.3 Å². The second kappa shape index (κ2) is 5.78. The van der Waals surface area contributed by atoms with Crippen molar-refractivity contribution in [3.63, 3.8) is 0 Å². The third-order valence-electron chi connectivity index (χ3n) is 5.22. The molecule has 0 aliphatic carbocycles. The Bertz CT molecular complexity index is 729. The zero-order chi connectivity index (χ0) is 15.8. The lowest BCUT2D eigenvalue weighted by molar-refractivity contribution is 0.0795. The molecule has 1 aromatic heterocycles. The maximum atomic E-state index is 13.3. The van der Waals surface area contributed by atoms with Gasteiger partial charge >= 0.3 is 0 Å². The lowest BCUT2D eigenvalue weighted by Gasteiger charge is -2.31. The molecule has 3 heterocycles. The van der Waals surface area contributed by atoms with Crippen LogP contribution in [-0.4, -0.2) is 34.8 Å². The quantitative estimate of drug-likeness (QED) is 0.886. The third-order valence-corrected chi connectivity index (χ3v) is 5.22. The number of fused-ring (bicyclic) bond motifs is 2. The van der Waals surface area contributed by atoms with E-state index in [0.717, 1.165) is 43.0 Å². The van der Waals surface area contributed by atoms with Crippen LogP contribution in [0.3, 0.4) is 0 Å². The van der Waals surface area contributed by atoms with Gasteiger partial charge in [-0.25, -0.2) is 0 Å². The van der Waals surface area contributed by atoms with Crippen LogP contribution in [0.2, 0.25) is 0 Å². The molecular weight excluding hydrogens is 286 g/mol. The average Bonchev–Trinajstić information content (AvgIpc) is 2.96. The first kappa shape index (κ1) is 14.4. The summed E-state index contributed by atoms with van der Waals surface area (Å²) in [6, 6.07) is 9.88. The van der Waals surface area contributed by atoms with Crippen molar-refractivity contribution in [2.75, 3.05) is 18.8 Å². The van der Waals surface area contributed by atoms with E-state index in [-0.39, 0.29) is 11.8 Å². The number of anilines is 1. The van der Waals surface area contributed by atoms with Gasteiger partial charge in [-0.2, -0.15) is 0 Å². The van der Waals surface area contributed by atoms with Crippen LogP contribution in [0.25, 0.3) is 11.1 Å². The number of ketones is 1. The SMILES string of the molecule is Nc1cncc(-c2ccccc2)c1C(=O)C1CCC2CCN1C2. The lowest BCUT2D eigenvalue weighted by Crippen LogP contribution is -2.43. The fraction of sp³-hybridized carbons (Fsp3) is 0.368. The molecule has 2 fully saturated rings. The summed E-state index contributed by atoms with van der Waals surface area (Å²) in [4.78, 5) is 19.8. The summed E-state index contributed by atoms with van der Waals surface area (Å²) in [5, 5.41) is 0. The highest BCUT2D eigenvalue weighted by molar-refractivity contribution is 6.09. The van der Waals surface area contributed by atoms with E-state index >= 15 is 0 Å². The molecule has 0 spiro atoms. The van der Waals surface area contributed by atoms with Crippen LogP contribution in [0.4, 0.5) is 5.69 Å². The van der Waals surface area contributed by atoms with Crippen LogP contribution in [0, 0.1) is 5.92 Å². The number of hydrogen-bond acceptors (Lipinski definition) is 4. The van der Waals surface area contributed by atoms with Crippen LogP contribution >= 0.6 is 0 Å². The Balaban J connectivity index is 1.75. The van der Waals surface area contributed by atoms with Gasteiger partial charge in [0.15, 0.2) is 5.78 Å². The predicted octanol–water partition coefficient (Wildman–Crippen LogP) is 3.00. The number of pyridine rings is 1. The van der Waals surface area contributed by atoms with Crippen molar-refractivity contribution in [2.24, 2.45) is 5.92 Å². The standard InChI is InChI=1S/C19H21N3O/c20-16-11-21-10-15(14-4-2-1-3-5-14)18(16)19(23)17-7-6-13-8-9-22(17)12-13/h1-5,10-11,13,17H,6-9,12,20H2.